The van der Waals surface area contributed by atoms with Gasteiger partial charge in [-0.05, 0) is 30.9 Å². The molecule has 3 heterocycles. The van der Waals surface area contributed by atoms with E-state index in [-0.39, 0.29) is 5.91 Å². The van der Waals surface area contributed by atoms with Crippen LogP contribution < -0.4 is 4.90 Å². The highest BCUT2D eigenvalue weighted by Crippen LogP contribution is 2.28. The molecule has 0 N–H and O–H groups in total. The standard InChI is InChI=1S/C19H23N3O2S/c1-14-17(25-19(20-14)22-10-12-24-13-11-22)18(23)21-8-6-15-4-2-3-5-16(15)7-9-21/h2-5H,6-13H2,1H3. The molecule has 4 rings (SSSR count). The zero-order valence-electron chi connectivity index (χ0n) is 14.5. The average molecular weight is 357 g/mol. The molecule has 0 atom stereocenters. The molecule has 1 saturated heterocycles. The van der Waals surface area contributed by atoms with Gasteiger partial charge in [-0.2, -0.15) is 0 Å². The van der Waals surface area contributed by atoms with E-state index in [0.29, 0.717) is 0 Å². The maximum Gasteiger partial charge on any atom is 0.265 e. The van der Waals surface area contributed by atoms with Gasteiger partial charge >= 0.3 is 0 Å². The van der Waals surface area contributed by atoms with Gasteiger partial charge in [0.25, 0.3) is 5.91 Å². The van der Waals surface area contributed by atoms with Crippen LogP contribution in [-0.2, 0) is 17.6 Å². The molecule has 0 aliphatic carbocycles. The molecule has 0 bridgehead atoms. The molecule has 0 saturated carbocycles. The van der Waals surface area contributed by atoms with Crippen LogP contribution in [0, 0.1) is 6.92 Å². The fourth-order valence-electron chi connectivity index (χ4n) is 3.49. The van der Waals surface area contributed by atoms with E-state index in [9.17, 15) is 4.79 Å². The summed E-state index contributed by atoms with van der Waals surface area (Å²) in [6, 6.07) is 8.52. The lowest BCUT2D eigenvalue weighted by Gasteiger charge is -2.26. The number of morpholine rings is 1. The number of hydrogen-bond acceptors (Lipinski definition) is 5. The second-order valence-electron chi connectivity index (χ2n) is 6.57. The van der Waals surface area contributed by atoms with Gasteiger partial charge in [-0.3, -0.25) is 4.79 Å². The van der Waals surface area contributed by atoms with Crippen LogP contribution >= 0.6 is 11.3 Å². The van der Waals surface area contributed by atoms with Crippen molar-refractivity contribution in [1.29, 1.82) is 0 Å². The smallest absolute Gasteiger partial charge is 0.265 e. The third kappa shape index (κ3) is 3.41. The number of rotatable bonds is 2. The predicted molar refractivity (Wildman–Crippen MR) is 99.6 cm³/mol. The fourth-order valence-corrected chi connectivity index (χ4v) is 4.57. The first-order chi connectivity index (χ1) is 12.2. The minimum absolute atomic E-state index is 0.127. The van der Waals surface area contributed by atoms with Crippen LogP contribution in [-0.4, -0.2) is 55.2 Å². The van der Waals surface area contributed by atoms with E-state index in [0.717, 1.165) is 67.9 Å². The summed E-state index contributed by atoms with van der Waals surface area (Å²) >= 11 is 1.53. The summed E-state index contributed by atoms with van der Waals surface area (Å²) in [6.45, 7) is 6.65. The van der Waals surface area contributed by atoms with Gasteiger partial charge in [-0.15, -0.1) is 0 Å². The molecule has 0 spiro atoms. The van der Waals surface area contributed by atoms with Crippen LogP contribution in [0.5, 0.6) is 0 Å². The van der Waals surface area contributed by atoms with Crippen molar-refractivity contribution < 1.29 is 9.53 Å². The van der Waals surface area contributed by atoms with Crippen molar-refractivity contribution in [2.24, 2.45) is 0 Å². The summed E-state index contributed by atoms with van der Waals surface area (Å²) in [6.07, 6.45) is 1.85. The third-order valence-corrected chi connectivity index (χ3v) is 6.18. The summed E-state index contributed by atoms with van der Waals surface area (Å²) in [5.74, 6) is 0.127. The van der Waals surface area contributed by atoms with Gasteiger partial charge in [-0.25, -0.2) is 4.98 Å². The number of amides is 1. The summed E-state index contributed by atoms with van der Waals surface area (Å²) in [5, 5.41) is 0.947. The van der Waals surface area contributed by atoms with Crippen LogP contribution in [0.4, 0.5) is 5.13 Å². The largest absolute Gasteiger partial charge is 0.378 e. The van der Waals surface area contributed by atoms with Gasteiger partial charge in [0.2, 0.25) is 0 Å². The Balaban J connectivity index is 1.50. The monoisotopic (exact) mass is 357 g/mol. The van der Waals surface area contributed by atoms with Gasteiger partial charge in [0.1, 0.15) is 4.88 Å². The molecular weight excluding hydrogens is 334 g/mol. The van der Waals surface area contributed by atoms with E-state index in [1.807, 2.05) is 11.8 Å². The molecule has 25 heavy (non-hydrogen) atoms. The van der Waals surface area contributed by atoms with Gasteiger partial charge in [0.15, 0.2) is 5.13 Å². The zero-order valence-corrected chi connectivity index (χ0v) is 15.3. The lowest BCUT2D eigenvalue weighted by Crippen LogP contribution is -2.36. The number of benzene rings is 1. The van der Waals surface area contributed by atoms with Gasteiger partial charge < -0.3 is 14.5 Å². The van der Waals surface area contributed by atoms with Crippen LogP contribution in [0.2, 0.25) is 0 Å². The Bertz CT molecular complexity index is 741. The second-order valence-corrected chi connectivity index (χ2v) is 7.55. The highest BCUT2D eigenvalue weighted by Gasteiger charge is 2.25. The summed E-state index contributed by atoms with van der Waals surface area (Å²) < 4.78 is 5.41. The topological polar surface area (TPSA) is 45.7 Å². The van der Waals surface area contributed by atoms with Crippen molar-refractivity contribution in [2.45, 2.75) is 19.8 Å². The molecule has 2 aromatic rings. The highest BCUT2D eigenvalue weighted by atomic mass is 32.1. The molecule has 2 aliphatic rings. The van der Waals surface area contributed by atoms with Crippen molar-refractivity contribution in [3.63, 3.8) is 0 Å². The van der Waals surface area contributed by atoms with Gasteiger partial charge in [-0.1, -0.05) is 35.6 Å². The van der Waals surface area contributed by atoms with E-state index >= 15 is 0 Å². The maximum absolute atomic E-state index is 13.1. The quantitative estimate of drug-likeness (QED) is 0.829. The van der Waals surface area contributed by atoms with Crippen molar-refractivity contribution in [3.05, 3.63) is 46.0 Å². The van der Waals surface area contributed by atoms with Crippen LogP contribution in [0.1, 0.15) is 26.5 Å². The van der Waals surface area contributed by atoms with Crippen molar-refractivity contribution in [3.8, 4) is 0 Å². The molecular formula is C19H23N3O2S. The lowest BCUT2D eigenvalue weighted by molar-refractivity contribution is 0.0767. The van der Waals surface area contributed by atoms with E-state index in [2.05, 4.69) is 34.1 Å². The molecule has 0 radical (unpaired) electrons. The lowest BCUT2D eigenvalue weighted by atomic mass is 10.0. The second kappa shape index (κ2) is 7.14. The number of fused-ring (bicyclic) bond motifs is 1. The first kappa shape index (κ1) is 16.5. The molecule has 2 aliphatic heterocycles. The summed E-state index contributed by atoms with van der Waals surface area (Å²) in [5.41, 5.74) is 3.58. The first-order valence-electron chi connectivity index (χ1n) is 8.88. The van der Waals surface area contributed by atoms with Crippen molar-refractivity contribution in [1.82, 2.24) is 9.88 Å². The molecule has 1 aromatic carbocycles. The zero-order chi connectivity index (χ0) is 17.2. The minimum Gasteiger partial charge on any atom is -0.378 e. The molecule has 1 fully saturated rings. The normalized spacial score (nSPS) is 18.0. The Labute approximate surface area is 152 Å². The maximum atomic E-state index is 13.1. The van der Waals surface area contributed by atoms with E-state index in [4.69, 9.17) is 4.74 Å². The Morgan fingerprint density at radius 1 is 1.08 bits per heavy atom. The first-order valence-corrected chi connectivity index (χ1v) is 9.70. The Kier molecular flexibility index (Phi) is 4.72. The van der Waals surface area contributed by atoms with E-state index < -0.39 is 0 Å². The van der Waals surface area contributed by atoms with Crippen LogP contribution in [0.15, 0.2) is 24.3 Å². The third-order valence-electron chi connectivity index (χ3n) is 4.97. The number of aryl methyl sites for hydroxylation is 1. The molecule has 1 amide bonds. The van der Waals surface area contributed by atoms with Crippen LogP contribution in [0.25, 0.3) is 0 Å². The summed E-state index contributed by atoms with van der Waals surface area (Å²) in [4.78, 5) is 22.7. The molecule has 1 aromatic heterocycles. The number of nitrogens with zero attached hydrogens (tertiary/aromatic N) is 3. The van der Waals surface area contributed by atoms with Crippen molar-refractivity contribution >= 4 is 22.4 Å². The molecule has 0 unspecified atom stereocenters. The van der Waals surface area contributed by atoms with Gasteiger partial charge in [0, 0.05) is 26.2 Å². The SMILES string of the molecule is Cc1nc(N2CCOCC2)sc1C(=O)N1CCc2ccccc2CC1. The number of thiazole rings is 1. The highest BCUT2D eigenvalue weighted by molar-refractivity contribution is 7.17. The Morgan fingerprint density at radius 3 is 2.36 bits per heavy atom. The predicted octanol–water partition coefficient (Wildman–Crippen LogP) is 2.53. The number of ether oxygens (including phenoxy) is 1. The number of hydrogen-bond donors (Lipinski definition) is 0. The average Bonchev–Trinajstić information content (AvgIpc) is 2.91. The number of carbonyl (C=O) groups excluding carboxylic acids is 1. The fraction of sp³-hybridized carbons (Fsp3) is 0.474. The number of carbonyl (C=O) groups is 1. The number of aromatic nitrogens is 1. The molecule has 6 heteroatoms. The van der Waals surface area contributed by atoms with Gasteiger partial charge in [0.05, 0.1) is 18.9 Å². The molecule has 132 valence electrons. The van der Waals surface area contributed by atoms with Crippen LogP contribution in [0.3, 0.4) is 0 Å². The van der Waals surface area contributed by atoms with Crippen molar-refractivity contribution in [2.75, 3.05) is 44.3 Å². The van der Waals surface area contributed by atoms with E-state index in [1.165, 1.54) is 22.5 Å². The summed E-state index contributed by atoms with van der Waals surface area (Å²) in [7, 11) is 0. The van der Waals surface area contributed by atoms with E-state index in [1.54, 1.807) is 0 Å². The Hall–Kier alpha value is -1.92. The number of anilines is 1. The Morgan fingerprint density at radius 2 is 1.72 bits per heavy atom. The molecule has 5 nitrogen and oxygen atoms in total. The minimum atomic E-state index is 0.127.